The zero-order valence-corrected chi connectivity index (χ0v) is 11.7. The molecular weight excluding hydrogens is 236 g/mol. The van der Waals surface area contributed by atoms with Crippen LogP contribution in [0.5, 0.6) is 0 Å². The molecule has 0 heterocycles. The Kier molecular flexibility index (Phi) is 5.35. The Hall–Kier alpha value is -1.21. The van der Waals surface area contributed by atoms with E-state index in [2.05, 4.69) is 67.6 Å². The summed E-state index contributed by atoms with van der Waals surface area (Å²) in [4.78, 5) is 0. The summed E-state index contributed by atoms with van der Waals surface area (Å²) in [7, 11) is 0. The average molecular weight is 256 g/mol. The molecule has 0 amide bonds. The summed E-state index contributed by atoms with van der Waals surface area (Å²) in [6.45, 7) is 2.33. The molecule has 0 N–H and O–H groups in total. The zero-order valence-electron chi connectivity index (χ0n) is 10.9. The molecule has 0 aromatic heterocycles. The third kappa shape index (κ3) is 4.58. The van der Waals surface area contributed by atoms with E-state index in [-0.39, 0.29) is 0 Å². The highest BCUT2D eigenvalue weighted by Crippen LogP contribution is 2.21. The number of rotatable bonds is 6. The molecule has 0 aliphatic rings. The minimum atomic E-state index is 0.713. The third-order valence-electron chi connectivity index (χ3n) is 3.06. The van der Waals surface area contributed by atoms with Crippen molar-refractivity contribution in [2.45, 2.75) is 30.8 Å². The van der Waals surface area contributed by atoms with Crippen molar-refractivity contribution < 1.29 is 0 Å². The lowest BCUT2D eigenvalue weighted by Gasteiger charge is -2.11. The summed E-state index contributed by atoms with van der Waals surface area (Å²) >= 11 is 2.05. The SMILES string of the molecule is CC(CCc1ccccc1)SCc1ccccc1. The standard InChI is InChI=1S/C17H20S/c1-15(12-13-16-8-4-2-5-9-16)18-14-17-10-6-3-7-11-17/h2-11,15H,12-14H2,1H3. The molecule has 94 valence electrons. The first kappa shape index (κ1) is 13.2. The predicted molar refractivity (Wildman–Crippen MR) is 82.0 cm³/mol. The van der Waals surface area contributed by atoms with Crippen molar-refractivity contribution in [3.8, 4) is 0 Å². The van der Waals surface area contributed by atoms with Gasteiger partial charge in [0.2, 0.25) is 0 Å². The maximum atomic E-state index is 2.33. The van der Waals surface area contributed by atoms with Gasteiger partial charge in [0.15, 0.2) is 0 Å². The summed E-state index contributed by atoms with van der Waals surface area (Å²) in [5, 5.41) is 0.713. The van der Waals surface area contributed by atoms with E-state index in [9.17, 15) is 0 Å². The summed E-state index contributed by atoms with van der Waals surface area (Å²) in [6.07, 6.45) is 2.44. The summed E-state index contributed by atoms with van der Waals surface area (Å²) in [5.74, 6) is 1.12. The highest BCUT2D eigenvalue weighted by molar-refractivity contribution is 7.99. The van der Waals surface area contributed by atoms with Crippen molar-refractivity contribution in [1.29, 1.82) is 0 Å². The molecule has 0 aliphatic carbocycles. The van der Waals surface area contributed by atoms with Crippen molar-refractivity contribution in [1.82, 2.24) is 0 Å². The second-order valence-electron chi connectivity index (χ2n) is 4.63. The molecule has 0 bridgehead atoms. The van der Waals surface area contributed by atoms with E-state index in [4.69, 9.17) is 0 Å². The zero-order chi connectivity index (χ0) is 12.6. The van der Waals surface area contributed by atoms with E-state index < -0.39 is 0 Å². The van der Waals surface area contributed by atoms with Crippen LogP contribution in [-0.4, -0.2) is 5.25 Å². The molecule has 2 aromatic carbocycles. The van der Waals surface area contributed by atoms with Crippen LogP contribution in [0.4, 0.5) is 0 Å². The van der Waals surface area contributed by atoms with Crippen LogP contribution in [0.25, 0.3) is 0 Å². The van der Waals surface area contributed by atoms with Crippen LogP contribution in [-0.2, 0) is 12.2 Å². The molecule has 0 saturated heterocycles. The van der Waals surface area contributed by atoms with Crippen molar-refractivity contribution >= 4 is 11.8 Å². The van der Waals surface area contributed by atoms with Crippen molar-refractivity contribution in [2.24, 2.45) is 0 Å². The van der Waals surface area contributed by atoms with E-state index in [1.165, 1.54) is 24.0 Å². The Morgan fingerprint density at radius 3 is 2.00 bits per heavy atom. The summed E-state index contributed by atoms with van der Waals surface area (Å²) in [5.41, 5.74) is 2.87. The molecule has 2 aromatic rings. The second kappa shape index (κ2) is 7.27. The first-order valence-corrected chi connectivity index (χ1v) is 7.59. The van der Waals surface area contributed by atoms with E-state index in [0.717, 1.165) is 5.75 Å². The third-order valence-corrected chi connectivity index (χ3v) is 4.36. The number of hydrogen-bond acceptors (Lipinski definition) is 1. The van der Waals surface area contributed by atoms with Gasteiger partial charge in [0, 0.05) is 11.0 Å². The van der Waals surface area contributed by atoms with Gasteiger partial charge in [0.1, 0.15) is 0 Å². The van der Waals surface area contributed by atoms with E-state index in [1.807, 2.05) is 11.8 Å². The Morgan fingerprint density at radius 1 is 0.833 bits per heavy atom. The molecule has 0 spiro atoms. The maximum absolute atomic E-state index is 2.33. The monoisotopic (exact) mass is 256 g/mol. The quantitative estimate of drug-likeness (QED) is 0.705. The predicted octanol–water partition coefficient (Wildman–Crippen LogP) is 4.94. The highest BCUT2D eigenvalue weighted by atomic mass is 32.2. The Bertz CT molecular complexity index is 392. The van der Waals surface area contributed by atoms with Gasteiger partial charge in [-0.25, -0.2) is 0 Å². The van der Waals surface area contributed by atoms with Crippen molar-refractivity contribution in [2.75, 3.05) is 0 Å². The van der Waals surface area contributed by atoms with Crippen LogP contribution in [0.1, 0.15) is 24.5 Å². The van der Waals surface area contributed by atoms with Crippen molar-refractivity contribution in [3.63, 3.8) is 0 Å². The first-order valence-electron chi connectivity index (χ1n) is 6.54. The second-order valence-corrected chi connectivity index (χ2v) is 6.06. The van der Waals surface area contributed by atoms with E-state index in [0.29, 0.717) is 5.25 Å². The van der Waals surface area contributed by atoms with Gasteiger partial charge in [-0.1, -0.05) is 67.6 Å². The smallest absolute Gasteiger partial charge is 0.0187 e. The summed E-state index contributed by atoms with van der Waals surface area (Å²) in [6, 6.07) is 21.5. The molecule has 2 rings (SSSR count). The van der Waals surface area contributed by atoms with Gasteiger partial charge in [-0.05, 0) is 24.0 Å². The molecular formula is C17H20S. The molecule has 0 fully saturated rings. The molecule has 1 atom stereocenters. The van der Waals surface area contributed by atoms with Gasteiger partial charge in [0.25, 0.3) is 0 Å². The van der Waals surface area contributed by atoms with Crippen LogP contribution in [0.2, 0.25) is 0 Å². The first-order chi connectivity index (χ1) is 8.84. The lowest BCUT2D eigenvalue weighted by Crippen LogP contribution is -1.99. The van der Waals surface area contributed by atoms with Crippen molar-refractivity contribution in [3.05, 3.63) is 71.8 Å². The fourth-order valence-corrected chi connectivity index (χ4v) is 2.86. The number of hydrogen-bond donors (Lipinski definition) is 0. The van der Waals surface area contributed by atoms with Gasteiger partial charge in [-0.2, -0.15) is 11.8 Å². The largest absolute Gasteiger partial charge is 0.154 e. The Labute approximate surface area is 114 Å². The number of benzene rings is 2. The summed E-state index contributed by atoms with van der Waals surface area (Å²) < 4.78 is 0. The topological polar surface area (TPSA) is 0 Å². The maximum Gasteiger partial charge on any atom is 0.0187 e. The van der Waals surface area contributed by atoms with Gasteiger partial charge in [-0.15, -0.1) is 0 Å². The van der Waals surface area contributed by atoms with Gasteiger partial charge >= 0.3 is 0 Å². The minimum absolute atomic E-state index is 0.713. The van der Waals surface area contributed by atoms with E-state index in [1.54, 1.807) is 0 Å². The molecule has 0 nitrogen and oxygen atoms in total. The van der Waals surface area contributed by atoms with Crippen LogP contribution in [0.3, 0.4) is 0 Å². The molecule has 0 radical (unpaired) electrons. The lowest BCUT2D eigenvalue weighted by molar-refractivity contribution is 0.811. The Balaban J connectivity index is 1.71. The van der Waals surface area contributed by atoms with Gasteiger partial charge in [-0.3, -0.25) is 0 Å². The van der Waals surface area contributed by atoms with Crippen LogP contribution in [0.15, 0.2) is 60.7 Å². The molecule has 18 heavy (non-hydrogen) atoms. The van der Waals surface area contributed by atoms with Gasteiger partial charge in [0.05, 0.1) is 0 Å². The van der Waals surface area contributed by atoms with E-state index >= 15 is 0 Å². The fraction of sp³-hybridized carbons (Fsp3) is 0.294. The fourth-order valence-electron chi connectivity index (χ4n) is 1.91. The minimum Gasteiger partial charge on any atom is -0.154 e. The lowest BCUT2D eigenvalue weighted by atomic mass is 10.1. The highest BCUT2D eigenvalue weighted by Gasteiger charge is 2.03. The van der Waals surface area contributed by atoms with Crippen LogP contribution in [0, 0.1) is 0 Å². The normalized spacial score (nSPS) is 12.3. The Morgan fingerprint density at radius 2 is 1.39 bits per heavy atom. The van der Waals surface area contributed by atoms with Crippen LogP contribution >= 0.6 is 11.8 Å². The van der Waals surface area contributed by atoms with Crippen LogP contribution < -0.4 is 0 Å². The molecule has 0 aliphatic heterocycles. The van der Waals surface area contributed by atoms with Gasteiger partial charge < -0.3 is 0 Å². The molecule has 1 heteroatoms. The molecule has 0 saturated carbocycles. The number of thioether (sulfide) groups is 1. The molecule has 1 unspecified atom stereocenters. The average Bonchev–Trinajstić information content (AvgIpc) is 2.45. The number of aryl methyl sites for hydroxylation is 1.